The van der Waals surface area contributed by atoms with Crippen molar-refractivity contribution in [2.45, 2.75) is 0 Å². The molecule has 0 aliphatic heterocycles. The highest BCUT2D eigenvalue weighted by Crippen LogP contribution is 2.29. The molecule has 5 heteroatoms. The third-order valence-electron chi connectivity index (χ3n) is 2.64. The summed E-state index contributed by atoms with van der Waals surface area (Å²) in [6, 6.07) is 9.23. The largest absolute Gasteiger partial charge is 0.477 e. The average Bonchev–Trinajstić information content (AvgIpc) is 2.67. The van der Waals surface area contributed by atoms with Crippen molar-refractivity contribution >= 4 is 21.9 Å². The van der Waals surface area contributed by atoms with E-state index in [-0.39, 0.29) is 5.69 Å². The molecule has 0 saturated carbocycles. The maximum atomic E-state index is 11.3. The summed E-state index contributed by atoms with van der Waals surface area (Å²) in [4.78, 5) is 11.3. The standard InChI is InChI=1S/C13H9BrN2O2/c1-16-7-9(6-15)11(12(16)13(17)18)8-2-4-10(14)5-3-8/h2-5,7H,1H3,(H,17,18). The molecule has 1 N–H and O–H groups in total. The van der Waals surface area contributed by atoms with Crippen LogP contribution in [0.3, 0.4) is 0 Å². The number of aromatic nitrogens is 1. The Labute approximate surface area is 112 Å². The Bertz CT molecular complexity index is 651. The fraction of sp³-hybridized carbons (Fsp3) is 0.0769. The summed E-state index contributed by atoms with van der Waals surface area (Å²) in [5.41, 5.74) is 1.65. The highest BCUT2D eigenvalue weighted by atomic mass is 79.9. The van der Waals surface area contributed by atoms with Crippen LogP contribution in [-0.4, -0.2) is 15.6 Å². The summed E-state index contributed by atoms with van der Waals surface area (Å²) in [7, 11) is 1.62. The first-order chi connectivity index (χ1) is 8.54. The zero-order valence-corrected chi connectivity index (χ0v) is 11.1. The Morgan fingerprint density at radius 1 is 1.39 bits per heavy atom. The molecule has 0 aliphatic carbocycles. The van der Waals surface area contributed by atoms with Gasteiger partial charge in [0.25, 0.3) is 0 Å². The molecule has 0 atom stereocenters. The van der Waals surface area contributed by atoms with Crippen LogP contribution in [0.25, 0.3) is 11.1 Å². The third kappa shape index (κ3) is 2.03. The van der Waals surface area contributed by atoms with Crippen LogP contribution in [0.2, 0.25) is 0 Å². The molecule has 0 fully saturated rings. The molecule has 0 saturated heterocycles. The van der Waals surface area contributed by atoms with Crippen LogP contribution in [-0.2, 0) is 7.05 Å². The van der Waals surface area contributed by atoms with Crippen LogP contribution in [0, 0.1) is 11.3 Å². The van der Waals surface area contributed by atoms with Crippen molar-refractivity contribution in [3.63, 3.8) is 0 Å². The molecule has 0 bridgehead atoms. The van der Waals surface area contributed by atoms with Gasteiger partial charge in [0.2, 0.25) is 0 Å². The number of nitriles is 1. The van der Waals surface area contributed by atoms with E-state index in [1.807, 2.05) is 18.2 Å². The number of nitrogens with zero attached hydrogens (tertiary/aromatic N) is 2. The summed E-state index contributed by atoms with van der Waals surface area (Å²) < 4.78 is 2.36. The van der Waals surface area contributed by atoms with Gasteiger partial charge in [-0.1, -0.05) is 28.1 Å². The van der Waals surface area contributed by atoms with Gasteiger partial charge in [-0.3, -0.25) is 0 Å². The second-order valence-electron chi connectivity index (χ2n) is 3.80. The molecule has 2 rings (SSSR count). The number of hydrogen-bond donors (Lipinski definition) is 1. The zero-order valence-electron chi connectivity index (χ0n) is 9.51. The van der Waals surface area contributed by atoms with E-state index in [1.165, 1.54) is 10.8 Å². The lowest BCUT2D eigenvalue weighted by Gasteiger charge is -2.04. The highest BCUT2D eigenvalue weighted by Gasteiger charge is 2.20. The van der Waals surface area contributed by atoms with Gasteiger partial charge in [0, 0.05) is 23.3 Å². The first kappa shape index (κ1) is 12.4. The molecule has 90 valence electrons. The van der Waals surface area contributed by atoms with Crippen molar-refractivity contribution < 1.29 is 9.90 Å². The van der Waals surface area contributed by atoms with Gasteiger partial charge in [-0.05, 0) is 17.7 Å². The number of carboxylic acids is 1. The van der Waals surface area contributed by atoms with Crippen LogP contribution < -0.4 is 0 Å². The number of benzene rings is 1. The molecule has 2 aromatic rings. The number of rotatable bonds is 2. The smallest absolute Gasteiger partial charge is 0.353 e. The first-order valence-electron chi connectivity index (χ1n) is 5.13. The van der Waals surface area contributed by atoms with Crippen molar-refractivity contribution in [2.24, 2.45) is 7.05 Å². The molecular weight excluding hydrogens is 296 g/mol. The fourth-order valence-electron chi connectivity index (χ4n) is 1.88. The van der Waals surface area contributed by atoms with Gasteiger partial charge in [0.1, 0.15) is 11.8 Å². The summed E-state index contributed by atoms with van der Waals surface area (Å²) in [5, 5.41) is 18.3. The number of carbonyl (C=O) groups is 1. The Kier molecular flexibility index (Phi) is 3.21. The van der Waals surface area contributed by atoms with Gasteiger partial charge < -0.3 is 9.67 Å². The molecular formula is C13H9BrN2O2. The van der Waals surface area contributed by atoms with E-state index in [2.05, 4.69) is 15.9 Å². The Morgan fingerprint density at radius 2 is 2.00 bits per heavy atom. The minimum Gasteiger partial charge on any atom is -0.477 e. The van der Waals surface area contributed by atoms with E-state index in [0.29, 0.717) is 16.7 Å². The Balaban J connectivity index is 2.73. The highest BCUT2D eigenvalue weighted by molar-refractivity contribution is 9.10. The van der Waals surface area contributed by atoms with Crippen molar-refractivity contribution in [3.05, 3.63) is 46.2 Å². The lowest BCUT2D eigenvalue weighted by atomic mass is 10.0. The molecule has 0 unspecified atom stereocenters. The van der Waals surface area contributed by atoms with Crippen molar-refractivity contribution in [3.8, 4) is 17.2 Å². The van der Waals surface area contributed by atoms with Gasteiger partial charge in [0.05, 0.1) is 5.56 Å². The van der Waals surface area contributed by atoms with E-state index in [4.69, 9.17) is 5.26 Å². The summed E-state index contributed by atoms with van der Waals surface area (Å²) >= 11 is 3.32. The summed E-state index contributed by atoms with van der Waals surface area (Å²) in [5.74, 6) is -1.04. The second kappa shape index (κ2) is 4.67. The number of hydrogen-bond acceptors (Lipinski definition) is 2. The summed E-state index contributed by atoms with van der Waals surface area (Å²) in [6.45, 7) is 0. The Hall–Kier alpha value is -2.06. The molecule has 0 aliphatic rings. The fourth-order valence-corrected chi connectivity index (χ4v) is 2.14. The van der Waals surface area contributed by atoms with E-state index in [9.17, 15) is 9.90 Å². The minimum atomic E-state index is -1.04. The van der Waals surface area contributed by atoms with Crippen LogP contribution in [0.1, 0.15) is 16.1 Å². The predicted octanol–water partition coefficient (Wildman–Crippen LogP) is 3.02. The molecule has 0 amide bonds. The topological polar surface area (TPSA) is 66.0 Å². The van der Waals surface area contributed by atoms with Gasteiger partial charge in [-0.25, -0.2) is 4.79 Å². The van der Waals surface area contributed by atoms with E-state index in [1.54, 1.807) is 19.2 Å². The van der Waals surface area contributed by atoms with Crippen molar-refractivity contribution in [1.29, 1.82) is 5.26 Å². The minimum absolute atomic E-state index is 0.119. The normalized spacial score (nSPS) is 10.1. The van der Waals surface area contributed by atoms with Crippen LogP contribution in [0.4, 0.5) is 0 Å². The second-order valence-corrected chi connectivity index (χ2v) is 4.72. The first-order valence-corrected chi connectivity index (χ1v) is 5.92. The van der Waals surface area contributed by atoms with Gasteiger partial charge >= 0.3 is 5.97 Å². The van der Waals surface area contributed by atoms with E-state index >= 15 is 0 Å². The molecule has 4 nitrogen and oxygen atoms in total. The number of aryl methyl sites for hydroxylation is 1. The number of carboxylic acid groups (broad SMARTS) is 1. The lowest BCUT2D eigenvalue weighted by molar-refractivity contribution is 0.0687. The number of aromatic carboxylic acids is 1. The monoisotopic (exact) mass is 304 g/mol. The maximum absolute atomic E-state index is 11.3. The molecule has 0 radical (unpaired) electrons. The molecule has 0 spiro atoms. The van der Waals surface area contributed by atoms with Gasteiger partial charge in [-0.2, -0.15) is 5.26 Å². The Morgan fingerprint density at radius 3 is 2.50 bits per heavy atom. The van der Waals surface area contributed by atoms with Crippen molar-refractivity contribution in [2.75, 3.05) is 0 Å². The van der Waals surface area contributed by atoms with E-state index in [0.717, 1.165) is 4.47 Å². The predicted molar refractivity (Wildman–Crippen MR) is 70.2 cm³/mol. The number of halogens is 1. The molecule has 18 heavy (non-hydrogen) atoms. The summed E-state index contributed by atoms with van der Waals surface area (Å²) in [6.07, 6.45) is 1.53. The molecule has 1 heterocycles. The van der Waals surface area contributed by atoms with Crippen LogP contribution in [0.5, 0.6) is 0 Å². The SMILES string of the molecule is Cn1cc(C#N)c(-c2ccc(Br)cc2)c1C(=O)O. The zero-order chi connectivity index (χ0) is 13.3. The average molecular weight is 305 g/mol. The van der Waals surface area contributed by atoms with E-state index < -0.39 is 5.97 Å². The van der Waals surface area contributed by atoms with Gasteiger partial charge in [-0.15, -0.1) is 0 Å². The van der Waals surface area contributed by atoms with Crippen LogP contribution >= 0.6 is 15.9 Å². The van der Waals surface area contributed by atoms with Gasteiger partial charge in [0.15, 0.2) is 0 Å². The van der Waals surface area contributed by atoms with Crippen molar-refractivity contribution in [1.82, 2.24) is 4.57 Å². The third-order valence-corrected chi connectivity index (χ3v) is 3.17. The quantitative estimate of drug-likeness (QED) is 0.927. The maximum Gasteiger partial charge on any atom is 0.353 e. The lowest BCUT2D eigenvalue weighted by Crippen LogP contribution is -2.05. The van der Waals surface area contributed by atoms with Crippen LogP contribution in [0.15, 0.2) is 34.9 Å². The molecule has 1 aromatic heterocycles. The molecule has 1 aromatic carbocycles.